The van der Waals surface area contributed by atoms with E-state index >= 15 is 0 Å². The summed E-state index contributed by atoms with van der Waals surface area (Å²) in [5.41, 5.74) is -0.170. The molecule has 0 saturated heterocycles. The smallest absolute Gasteiger partial charge is 0.345 e. The van der Waals surface area contributed by atoms with Crippen molar-refractivity contribution in [1.29, 1.82) is 0 Å². The first-order chi connectivity index (χ1) is 9.45. The first-order valence-electron chi connectivity index (χ1n) is 6.01. The highest BCUT2D eigenvalue weighted by Crippen LogP contribution is 2.20. The van der Waals surface area contributed by atoms with Gasteiger partial charge in [0, 0.05) is 19.8 Å². The highest BCUT2D eigenvalue weighted by molar-refractivity contribution is 7.89. The molecule has 21 heavy (non-hydrogen) atoms. The van der Waals surface area contributed by atoms with Gasteiger partial charge in [0.1, 0.15) is 17.1 Å². The fourth-order valence-corrected chi connectivity index (χ4v) is 2.38. The number of nitrogens with zero attached hydrogens (tertiary/aromatic N) is 2. The van der Waals surface area contributed by atoms with Crippen LogP contribution < -0.4 is 5.14 Å². The Balaban J connectivity index is 3.12. The van der Waals surface area contributed by atoms with Crippen LogP contribution in [0.4, 0.5) is 13.2 Å². The molecule has 10 heteroatoms. The molecule has 1 heterocycles. The van der Waals surface area contributed by atoms with Crippen molar-refractivity contribution in [3.05, 3.63) is 18.0 Å². The molecule has 0 radical (unpaired) electrons. The van der Waals surface area contributed by atoms with E-state index in [1.165, 1.54) is 7.05 Å². The summed E-state index contributed by atoms with van der Waals surface area (Å²) in [6.45, 7) is 0.154. The summed E-state index contributed by atoms with van der Waals surface area (Å²) in [6.07, 6.45) is -3.10. The third kappa shape index (κ3) is 4.74. The van der Waals surface area contributed by atoms with Gasteiger partial charge in [0.25, 0.3) is 5.91 Å². The second-order valence-electron chi connectivity index (χ2n) is 4.56. The maximum Gasteiger partial charge on any atom is 0.406 e. The predicted octanol–water partition coefficient (Wildman–Crippen LogP) is 1.09. The fraction of sp³-hybridized carbons (Fsp3) is 0.545. The van der Waals surface area contributed by atoms with Crippen LogP contribution in [0.1, 0.15) is 23.8 Å². The van der Waals surface area contributed by atoms with Crippen LogP contribution in [0.15, 0.2) is 17.2 Å². The monoisotopic (exact) mass is 327 g/mol. The molecule has 2 N–H and O–H groups in total. The van der Waals surface area contributed by atoms with Gasteiger partial charge in [0.15, 0.2) is 0 Å². The van der Waals surface area contributed by atoms with Crippen LogP contribution in [0.5, 0.6) is 0 Å². The van der Waals surface area contributed by atoms with Crippen molar-refractivity contribution < 1.29 is 26.4 Å². The molecule has 0 fully saturated rings. The lowest BCUT2D eigenvalue weighted by Gasteiger charge is -2.23. The van der Waals surface area contributed by atoms with E-state index in [1.54, 1.807) is 6.92 Å². The van der Waals surface area contributed by atoms with Gasteiger partial charge in [-0.25, -0.2) is 13.6 Å². The minimum absolute atomic E-state index is 0.0891. The van der Waals surface area contributed by atoms with Crippen LogP contribution in [-0.4, -0.2) is 43.1 Å². The van der Waals surface area contributed by atoms with Crippen molar-refractivity contribution >= 4 is 15.9 Å². The number of amides is 1. The zero-order chi connectivity index (χ0) is 16.4. The Bertz CT molecular complexity index is 622. The van der Waals surface area contributed by atoms with E-state index in [0.29, 0.717) is 11.3 Å². The number of alkyl halides is 3. The first kappa shape index (κ1) is 17.5. The lowest BCUT2D eigenvalue weighted by molar-refractivity contribution is -0.140. The number of carbonyl (C=O) groups excluding carboxylic acids is 1. The fourth-order valence-electron chi connectivity index (χ4n) is 1.80. The summed E-state index contributed by atoms with van der Waals surface area (Å²) >= 11 is 0. The molecule has 0 bridgehead atoms. The number of sulfonamides is 1. The Labute approximate surface area is 120 Å². The van der Waals surface area contributed by atoms with E-state index in [0.717, 1.165) is 16.8 Å². The van der Waals surface area contributed by atoms with Gasteiger partial charge >= 0.3 is 6.18 Å². The van der Waals surface area contributed by atoms with Gasteiger partial charge in [-0.05, 0) is 12.5 Å². The molecule has 0 unspecified atom stereocenters. The Morgan fingerprint density at radius 1 is 1.43 bits per heavy atom. The molecule has 1 rings (SSSR count). The van der Waals surface area contributed by atoms with E-state index in [9.17, 15) is 26.4 Å². The van der Waals surface area contributed by atoms with Crippen LogP contribution >= 0.6 is 0 Å². The third-order valence-corrected chi connectivity index (χ3v) is 3.56. The molecule has 1 aromatic heterocycles. The first-order valence-corrected chi connectivity index (χ1v) is 7.55. The summed E-state index contributed by atoms with van der Waals surface area (Å²) < 4.78 is 61.0. The van der Waals surface area contributed by atoms with Gasteiger partial charge in [-0.1, -0.05) is 6.92 Å². The Kier molecular flexibility index (Phi) is 5.05. The topological polar surface area (TPSA) is 85.4 Å². The summed E-state index contributed by atoms with van der Waals surface area (Å²) in [6, 6.07) is 0.969. The minimum Gasteiger partial charge on any atom is -0.345 e. The van der Waals surface area contributed by atoms with Gasteiger partial charge in [0.05, 0.1) is 0 Å². The Morgan fingerprint density at radius 3 is 2.38 bits per heavy atom. The highest BCUT2D eigenvalue weighted by Gasteiger charge is 2.34. The number of primary sulfonamides is 1. The summed E-state index contributed by atoms with van der Waals surface area (Å²) in [7, 11) is -2.66. The molecule has 0 atom stereocenters. The molecule has 0 aliphatic heterocycles. The molecule has 0 saturated carbocycles. The lowest BCUT2D eigenvalue weighted by Crippen LogP contribution is -2.40. The molecular weight excluding hydrogens is 311 g/mol. The van der Waals surface area contributed by atoms with Crippen molar-refractivity contribution in [3.63, 3.8) is 0 Å². The normalized spacial score (nSPS) is 12.5. The van der Waals surface area contributed by atoms with E-state index in [2.05, 4.69) is 0 Å². The van der Waals surface area contributed by atoms with Crippen LogP contribution in [0, 0.1) is 0 Å². The highest BCUT2D eigenvalue weighted by atomic mass is 32.2. The SMILES string of the molecule is CCCN(CC(F)(F)F)C(=O)c1cc(S(N)(=O)=O)cn1C. The molecular formula is C11H16F3N3O3S. The van der Waals surface area contributed by atoms with Crippen LogP contribution in [0.3, 0.4) is 0 Å². The number of aromatic nitrogens is 1. The number of hydrogen-bond acceptors (Lipinski definition) is 3. The van der Waals surface area contributed by atoms with Crippen LogP contribution in [0.2, 0.25) is 0 Å². The molecule has 0 aliphatic carbocycles. The van der Waals surface area contributed by atoms with Crippen LogP contribution in [0.25, 0.3) is 0 Å². The molecule has 0 spiro atoms. The Hall–Kier alpha value is -1.55. The largest absolute Gasteiger partial charge is 0.406 e. The minimum atomic E-state index is -4.53. The molecule has 120 valence electrons. The Morgan fingerprint density at radius 2 is 2.00 bits per heavy atom. The number of halogens is 3. The van der Waals surface area contributed by atoms with Crippen molar-refractivity contribution in [2.75, 3.05) is 13.1 Å². The zero-order valence-corrected chi connectivity index (χ0v) is 12.3. The van der Waals surface area contributed by atoms with Crippen LogP contribution in [-0.2, 0) is 17.1 Å². The van der Waals surface area contributed by atoms with Gasteiger partial charge in [-0.2, -0.15) is 13.2 Å². The van der Waals surface area contributed by atoms with E-state index in [1.807, 2.05) is 0 Å². The van der Waals surface area contributed by atoms with Gasteiger partial charge in [-0.3, -0.25) is 4.79 Å². The van der Waals surface area contributed by atoms with Crippen molar-refractivity contribution in [2.45, 2.75) is 24.4 Å². The second-order valence-corrected chi connectivity index (χ2v) is 6.12. The number of carbonyl (C=O) groups is 1. The van der Waals surface area contributed by atoms with Gasteiger partial charge in [-0.15, -0.1) is 0 Å². The molecule has 0 aliphatic rings. The third-order valence-electron chi connectivity index (χ3n) is 2.68. The second kappa shape index (κ2) is 6.06. The molecule has 1 aromatic rings. The van der Waals surface area contributed by atoms with Gasteiger partial charge < -0.3 is 9.47 Å². The molecule has 1 amide bonds. The maximum atomic E-state index is 12.5. The maximum absolute atomic E-state index is 12.5. The standard InChI is InChI=1S/C11H16F3N3O3S/c1-3-4-17(7-11(12,13)14)10(18)9-5-8(6-16(9)2)21(15,19)20/h5-6H,3-4,7H2,1-2H3,(H2,15,19,20). The summed E-state index contributed by atoms with van der Waals surface area (Å²) in [5.74, 6) is -0.897. The molecule has 0 aromatic carbocycles. The quantitative estimate of drug-likeness (QED) is 0.878. The van der Waals surface area contributed by atoms with Crippen molar-refractivity contribution in [2.24, 2.45) is 12.2 Å². The number of rotatable bonds is 5. The average molecular weight is 327 g/mol. The number of aryl methyl sites for hydroxylation is 1. The summed E-state index contributed by atoms with van der Waals surface area (Å²) in [4.78, 5) is 12.4. The van der Waals surface area contributed by atoms with Crippen molar-refractivity contribution in [3.8, 4) is 0 Å². The van der Waals surface area contributed by atoms with Crippen molar-refractivity contribution in [1.82, 2.24) is 9.47 Å². The number of hydrogen-bond donors (Lipinski definition) is 1. The van der Waals surface area contributed by atoms with Gasteiger partial charge in [0.2, 0.25) is 10.0 Å². The predicted molar refractivity (Wildman–Crippen MR) is 69.0 cm³/mol. The number of nitrogens with two attached hydrogens (primary N) is 1. The van der Waals surface area contributed by atoms with E-state index < -0.39 is 28.7 Å². The summed E-state index contributed by atoms with van der Waals surface area (Å²) in [5, 5.41) is 4.93. The zero-order valence-electron chi connectivity index (χ0n) is 11.5. The lowest BCUT2D eigenvalue weighted by atomic mass is 10.3. The molecule has 6 nitrogen and oxygen atoms in total. The van der Waals surface area contributed by atoms with E-state index in [4.69, 9.17) is 5.14 Å². The van der Waals surface area contributed by atoms with E-state index in [-0.39, 0.29) is 17.1 Å². The average Bonchev–Trinajstić information content (AvgIpc) is 2.68.